The number of ether oxygens (including phenoxy) is 1. The van der Waals surface area contributed by atoms with E-state index in [1.54, 1.807) is 37.2 Å². The van der Waals surface area contributed by atoms with Gasteiger partial charge in [0.2, 0.25) is 0 Å². The molecule has 0 aliphatic rings. The van der Waals surface area contributed by atoms with Gasteiger partial charge in [0.15, 0.2) is 10.9 Å². The average molecular weight is 491 g/mol. The van der Waals surface area contributed by atoms with E-state index < -0.39 is 18.0 Å². The molecule has 3 heterocycles. The van der Waals surface area contributed by atoms with Crippen LogP contribution in [0.1, 0.15) is 5.56 Å². The van der Waals surface area contributed by atoms with Crippen molar-refractivity contribution in [3.05, 3.63) is 29.7 Å². The van der Waals surface area contributed by atoms with Crippen molar-refractivity contribution in [2.24, 2.45) is 0 Å². The number of alkyl carbamates (subject to hydrolysis) is 1. The molecule has 0 fully saturated rings. The van der Waals surface area contributed by atoms with Gasteiger partial charge in [-0.15, -0.1) is 0 Å². The lowest BCUT2D eigenvalue weighted by Gasteiger charge is -2.22. The summed E-state index contributed by atoms with van der Waals surface area (Å²) in [5, 5.41) is 12.2. The van der Waals surface area contributed by atoms with E-state index in [1.165, 1.54) is 7.05 Å². The zero-order valence-corrected chi connectivity index (χ0v) is 19.0. The smallest absolute Gasteiger partial charge is 0.448 e. The molecule has 0 saturated heterocycles. The van der Waals surface area contributed by atoms with Crippen LogP contribution in [-0.2, 0) is 9.68 Å². The molecule has 2 amide bonds. The van der Waals surface area contributed by atoms with Gasteiger partial charge in [-0.3, -0.25) is 10.4 Å². The Balaban J connectivity index is 1.73. The molecule has 0 aliphatic carbocycles. The van der Waals surface area contributed by atoms with Crippen molar-refractivity contribution in [3.8, 4) is 11.3 Å². The van der Waals surface area contributed by atoms with Crippen LogP contribution in [0.15, 0.2) is 18.3 Å². The molecular formula is C20H19F2N7O4S. The van der Waals surface area contributed by atoms with Gasteiger partial charge in [-0.2, -0.15) is 5.10 Å². The molecule has 34 heavy (non-hydrogen) atoms. The lowest BCUT2D eigenvalue weighted by atomic mass is 9.98. The van der Waals surface area contributed by atoms with E-state index in [0.717, 1.165) is 11.3 Å². The lowest BCUT2D eigenvalue weighted by molar-refractivity contribution is -0.0544. The maximum Gasteiger partial charge on any atom is 0.450 e. The van der Waals surface area contributed by atoms with Gasteiger partial charge in [-0.25, -0.2) is 28.9 Å². The number of anilines is 2. The van der Waals surface area contributed by atoms with Crippen LogP contribution < -0.4 is 15.5 Å². The first-order valence-corrected chi connectivity index (χ1v) is 10.7. The fourth-order valence-corrected chi connectivity index (χ4v) is 4.34. The molecule has 0 saturated carbocycles. The van der Waals surface area contributed by atoms with Crippen LogP contribution in [0.5, 0.6) is 0 Å². The third-order valence-electron chi connectivity index (χ3n) is 5.09. The van der Waals surface area contributed by atoms with Crippen LogP contribution in [-0.4, -0.2) is 59.6 Å². The number of benzene rings is 1. The van der Waals surface area contributed by atoms with Crippen LogP contribution in [0.25, 0.3) is 32.5 Å². The average Bonchev–Trinajstić information content (AvgIpc) is 3.45. The van der Waals surface area contributed by atoms with Crippen LogP contribution in [0.4, 0.5) is 29.3 Å². The summed E-state index contributed by atoms with van der Waals surface area (Å²) < 4.78 is 32.6. The first-order valence-electron chi connectivity index (χ1n) is 9.92. The van der Waals surface area contributed by atoms with Crippen molar-refractivity contribution in [3.63, 3.8) is 0 Å². The summed E-state index contributed by atoms with van der Waals surface area (Å²) in [6.45, 7) is 1.94. The van der Waals surface area contributed by atoms with E-state index in [2.05, 4.69) is 35.7 Å². The molecular weight excluding hydrogens is 472 g/mol. The normalized spacial score (nSPS) is 11.0. The van der Waals surface area contributed by atoms with Crippen LogP contribution in [0.2, 0.25) is 0 Å². The minimum absolute atomic E-state index is 0.0575. The molecule has 178 valence electrons. The zero-order valence-electron chi connectivity index (χ0n) is 18.2. The van der Waals surface area contributed by atoms with E-state index in [-0.39, 0.29) is 24.0 Å². The molecule has 14 heteroatoms. The van der Waals surface area contributed by atoms with Crippen molar-refractivity contribution in [1.29, 1.82) is 0 Å². The summed E-state index contributed by atoms with van der Waals surface area (Å²) in [5.41, 5.74) is 2.56. The van der Waals surface area contributed by atoms with Crippen molar-refractivity contribution < 1.29 is 28.2 Å². The van der Waals surface area contributed by atoms with Gasteiger partial charge in [0.25, 0.3) is 0 Å². The second kappa shape index (κ2) is 9.43. The maximum absolute atomic E-state index is 15.6. The Bertz CT molecular complexity index is 1390. The van der Waals surface area contributed by atoms with Crippen molar-refractivity contribution >= 4 is 55.6 Å². The van der Waals surface area contributed by atoms with E-state index in [1.807, 2.05) is 0 Å². The molecule has 4 rings (SSSR count). The molecule has 0 aliphatic heterocycles. The minimum atomic E-state index is -1.29. The largest absolute Gasteiger partial charge is 0.450 e. The van der Waals surface area contributed by atoms with Crippen molar-refractivity contribution in [2.75, 3.05) is 37.5 Å². The Kier molecular flexibility index (Phi) is 6.40. The number of aromatic amines is 1. The van der Waals surface area contributed by atoms with E-state index in [9.17, 15) is 14.1 Å². The van der Waals surface area contributed by atoms with Gasteiger partial charge in [0, 0.05) is 29.6 Å². The molecule has 11 nitrogen and oxygen atoms in total. The standard InChI is InChI=1S/C20H19F2N7O4S/c1-9-13(11-4-5-12-17(25-11)34-18(26-12)27-20(31)33-22)10-8-24-28-15(10)16(14(9)21)29(3)6-7-32-19(30)23-2/h4-5,8H,6-7H2,1-3H3,(H,23,30)(H,24,28)(H,26,27,31). The first kappa shape index (κ1) is 23.1. The van der Waals surface area contributed by atoms with Gasteiger partial charge in [-0.05, 0) is 24.6 Å². The highest BCUT2D eigenvalue weighted by Crippen LogP contribution is 2.39. The van der Waals surface area contributed by atoms with Gasteiger partial charge in [0.1, 0.15) is 17.0 Å². The number of nitrogens with one attached hydrogen (secondary N) is 3. The van der Waals surface area contributed by atoms with E-state index in [4.69, 9.17) is 4.74 Å². The topological polar surface area (TPSA) is 134 Å². The first-order chi connectivity index (χ1) is 16.3. The summed E-state index contributed by atoms with van der Waals surface area (Å²) >= 11 is 1.02. The summed E-state index contributed by atoms with van der Waals surface area (Å²) in [4.78, 5) is 36.3. The van der Waals surface area contributed by atoms with Crippen LogP contribution in [0.3, 0.4) is 0 Å². The maximum atomic E-state index is 15.6. The molecule has 3 N–H and O–H groups in total. The molecule has 0 unspecified atom stereocenters. The third-order valence-corrected chi connectivity index (χ3v) is 5.97. The fourth-order valence-electron chi connectivity index (χ4n) is 3.52. The van der Waals surface area contributed by atoms with Gasteiger partial charge in [0.05, 0.1) is 29.6 Å². The highest BCUT2D eigenvalue weighted by atomic mass is 32.1. The van der Waals surface area contributed by atoms with Gasteiger partial charge < -0.3 is 15.0 Å². The number of likely N-dealkylation sites (N-methyl/N-ethyl adjacent to an activating group) is 1. The number of rotatable bonds is 6. The third kappa shape index (κ3) is 4.26. The van der Waals surface area contributed by atoms with Gasteiger partial charge in [-0.1, -0.05) is 11.3 Å². The summed E-state index contributed by atoms with van der Waals surface area (Å²) in [6.07, 6.45) is -0.285. The second-order valence-corrected chi connectivity index (χ2v) is 8.14. The van der Waals surface area contributed by atoms with Crippen molar-refractivity contribution in [1.82, 2.24) is 25.5 Å². The number of aromatic nitrogens is 4. The summed E-state index contributed by atoms with van der Waals surface area (Å²) in [7, 11) is 3.14. The molecule has 1 aromatic carbocycles. The molecule has 0 bridgehead atoms. The Morgan fingerprint density at radius 3 is 2.79 bits per heavy atom. The predicted octanol–water partition coefficient (Wildman–Crippen LogP) is 3.91. The number of pyridine rings is 1. The number of hydrogen-bond acceptors (Lipinski definition) is 9. The molecule has 4 aromatic rings. The molecule has 0 atom stereocenters. The van der Waals surface area contributed by atoms with E-state index in [0.29, 0.717) is 38.1 Å². The Hall–Kier alpha value is -4.07. The Morgan fingerprint density at radius 2 is 2.06 bits per heavy atom. The molecule has 0 spiro atoms. The molecule has 3 aromatic heterocycles. The summed E-state index contributed by atoms with van der Waals surface area (Å²) in [5.74, 6) is -0.478. The number of hydrogen-bond donors (Lipinski definition) is 3. The SMILES string of the molecule is CNC(=O)OCCN(C)c1c(F)c(C)c(-c2ccc3nc(NC(=O)OF)sc3n2)c2cn[nH]c12. The number of nitrogens with zero attached hydrogens (tertiary/aromatic N) is 4. The monoisotopic (exact) mass is 491 g/mol. The second-order valence-electron chi connectivity index (χ2n) is 7.16. The highest BCUT2D eigenvalue weighted by molar-refractivity contribution is 7.21. The Labute approximate surface area is 195 Å². The number of H-pyrrole nitrogens is 1. The number of halogens is 2. The molecule has 0 radical (unpaired) electrons. The van der Waals surface area contributed by atoms with Gasteiger partial charge >= 0.3 is 12.2 Å². The zero-order chi connectivity index (χ0) is 24.4. The number of amides is 2. The lowest BCUT2D eigenvalue weighted by Crippen LogP contribution is -2.28. The number of thiazole rings is 1. The van der Waals surface area contributed by atoms with Crippen LogP contribution >= 0.6 is 11.3 Å². The van der Waals surface area contributed by atoms with Crippen molar-refractivity contribution in [2.45, 2.75) is 6.92 Å². The number of carbonyl (C=O) groups is 2. The fraction of sp³-hybridized carbons (Fsp3) is 0.250. The highest BCUT2D eigenvalue weighted by Gasteiger charge is 2.23. The van der Waals surface area contributed by atoms with Crippen LogP contribution in [0, 0.1) is 12.7 Å². The Morgan fingerprint density at radius 1 is 1.26 bits per heavy atom. The number of carbonyl (C=O) groups excluding carboxylic acids is 2. The minimum Gasteiger partial charge on any atom is -0.448 e. The summed E-state index contributed by atoms with van der Waals surface area (Å²) in [6, 6.07) is 3.34. The predicted molar refractivity (Wildman–Crippen MR) is 122 cm³/mol. The quantitative estimate of drug-likeness (QED) is 0.370. The number of fused-ring (bicyclic) bond motifs is 2. The van der Waals surface area contributed by atoms with E-state index >= 15 is 4.39 Å².